The van der Waals surface area contributed by atoms with E-state index in [1.165, 1.54) is 0 Å². The highest BCUT2D eigenvalue weighted by atomic mass is 16.5. The monoisotopic (exact) mass is 219 g/mol. The number of aliphatic hydroxyl groups excluding tert-OH is 2. The molecular formula is C11H25NO3. The van der Waals surface area contributed by atoms with Crippen LogP contribution < -0.4 is 5.32 Å². The molecule has 0 aromatic heterocycles. The van der Waals surface area contributed by atoms with Crippen molar-refractivity contribution in [2.45, 2.75) is 32.8 Å². The lowest BCUT2D eigenvalue weighted by Gasteiger charge is -2.25. The molecule has 0 rings (SSSR count). The van der Waals surface area contributed by atoms with Crippen LogP contribution in [0.5, 0.6) is 0 Å². The molecule has 0 aromatic rings. The van der Waals surface area contributed by atoms with Gasteiger partial charge in [0.05, 0.1) is 12.7 Å². The Labute approximate surface area is 92.6 Å². The molecule has 0 aliphatic heterocycles. The van der Waals surface area contributed by atoms with Gasteiger partial charge in [0.1, 0.15) is 0 Å². The standard InChI is InChI=1S/C11H25NO3/c1-11(2,5-4-6-13)9-12-7-10(14)8-15-3/h10,12-14H,4-9H2,1-3H3. The Morgan fingerprint density at radius 2 is 2.07 bits per heavy atom. The summed E-state index contributed by atoms with van der Waals surface area (Å²) in [6.07, 6.45) is 1.37. The second-order valence-electron chi connectivity index (χ2n) is 4.73. The maximum absolute atomic E-state index is 9.39. The molecule has 0 fully saturated rings. The van der Waals surface area contributed by atoms with Crippen molar-refractivity contribution in [2.75, 3.05) is 33.4 Å². The third-order valence-corrected chi connectivity index (χ3v) is 2.35. The Balaban J connectivity index is 3.55. The molecule has 3 N–H and O–H groups in total. The molecule has 0 bridgehead atoms. The largest absolute Gasteiger partial charge is 0.396 e. The van der Waals surface area contributed by atoms with Crippen molar-refractivity contribution in [1.29, 1.82) is 0 Å². The molecule has 92 valence electrons. The van der Waals surface area contributed by atoms with E-state index in [1.807, 2.05) is 0 Å². The molecule has 1 atom stereocenters. The number of methoxy groups -OCH3 is 1. The van der Waals surface area contributed by atoms with E-state index in [9.17, 15) is 5.11 Å². The van der Waals surface area contributed by atoms with Gasteiger partial charge in [-0.15, -0.1) is 0 Å². The highest BCUT2D eigenvalue weighted by Gasteiger charge is 2.17. The molecule has 0 aliphatic carbocycles. The van der Waals surface area contributed by atoms with E-state index in [2.05, 4.69) is 19.2 Å². The lowest BCUT2D eigenvalue weighted by atomic mass is 9.88. The summed E-state index contributed by atoms with van der Waals surface area (Å²) in [5.41, 5.74) is 0.162. The Hall–Kier alpha value is -0.160. The zero-order chi connectivity index (χ0) is 11.7. The van der Waals surface area contributed by atoms with Crippen molar-refractivity contribution in [2.24, 2.45) is 5.41 Å². The lowest BCUT2D eigenvalue weighted by Crippen LogP contribution is -2.36. The molecule has 0 saturated carbocycles. The number of hydrogen-bond acceptors (Lipinski definition) is 4. The molecule has 0 saturated heterocycles. The minimum absolute atomic E-state index is 0.162. The third-order valence-electron chi connectivity index (χ3n) is 2.35. The molecule has 0 aliphatic rings. The van der Waals surface area contributed by atoms with Gasteiger partial charge in [-0.2, -0.15) is 0 Å². The average Bonchev–Trinajstić information content (AvgIpc) is 2.15. The molecule has 0 radical (unpaired) electrons. The van der Waals surface area contributed by atoms with Gasteiger partial charge in [0.15, 0.2) is 0 Å². The first-order chi connectivity index (χ1) is 7.02. The van der Waals surface area contributed by atoms with Crippen LogP contribution in [0.15, 0.2) is 0 Å². The first-order valence-corrected chi connectivity index (χ1v) is 5.50. The summed E-state index contributed by atoms with van der Waals surface area (Å²) >= 11 is 0. The minimum Gasteiger partial charge on any atom is -0.396 e. The molecule has 0 spiro atoms. The number of nitrogens with one attached hydrogen (secondary N) is 1. The normalized spacial score (nSPS) is 14.2. The predicted octanol–water partition coefficient (Wildman–Crippen LogP) is 0.382. The lowest BCUT2D eigenvalue weighted by molar-refractivity contribution is 0.0626. The van der Waals surface area contributed by atoms with Crippen molar-refractivity contribution in [3.63, 3.8) is 0 Å². The van der Waals surface area contributed by atoms with Crippen LogP contribution in [-0.2, 0) is 4.74 Å². The van der Waals surface area contributed by atoms with Gasteiger partial charge in [-0.05, 0) is 18.3 Å². The van der Waals surface area contributed by atoms with Crippen LogP contribution in [0, 0.1) is 5.41 Å². The van der Waals surface area contributed by atoms with E-state index >= 15 is 0 Å². The number of ether oxygens (including phenoxy) is 1. The predicted molar refractivity (Wildman–Crippen MR) is 60.9 cm³/mol. The van der Waals surface area contributed by atoms with Crippen molar-refractivity contribution in [3.8, 4) is 0 Å². The first-order valence-electron chi connectivity index (χ1n) is 5.50. The average molecular weight is 219 g/mol. The quantitative estimate of drug-likeness (QED) is 0.525. The molecule has 4 heteroatoms. The van der Waals surface area contributed by atoms with Crippen LogP contribution in [0.25, 0.3) is 0 Å². The molecule has 4 nitrogen and oxygen atoms in total. The second kappa shape index (κ2) is 8.05. The van der Waals surface area contributed by atoms with Crippen LogP contribution in [0.4, 0.5) is 0 Å². The van der Waals surface area contributed by atoms with E-state index in [0.29, 0.717) is 13.2 Å². The zero-order valence-corrected chi connectivity index (χ0v) is 10.1. The van der Waals surface area contributed by atoms with E-state index in [-0.39, 0.29) is 12.0 Å². The second-order valence-corrected chi connectivity index (χ2v) is 4.73. The van der Waals surface area contributed by atoms with Gasteiger partial charge in [0, 0.05) is 26.8 Å². The Kier molecular flexibility index (Phi) is 7.96. The van der Waals surface area contributed by atoms with Gasteiger partial charge in [-0.3, -0.25) is 0 Å². The highest BCUT2D eigenvalue weighted by Crippen LogP contribution is 2.20. The van der Waals surface area contributed by atoms with Crippen LogP contribution in [0.2, 0.25) is 0 Å². The van der Waals surface area contributed by atoms with Crippen LogP contribution >= 0.6 is 0 Å². The summed E-state index contributed by atoms with van der Waals surface area (Å²) in [4.78, 5) is 0. The maximum Gasteiger partial charge on any atom is 0.0897 e. The van der Waals surface area contributed by atoms with Gasteiger partial charge in [0.2, 0.25) is 0 Å². The fourth-order valence-corrected chi connectivity index (χ4v) is 1.47. The smallest absolute Gasteiger partial charge is 0.0897 e. The van der Waals surface area contributed by atoms with Gasteiger partial charge in [-0.1, -0.05) is 13.8 Å². The number of hydrogen-bond donors (Lipinski definition) is 3. The summed E-state index contributed by atoms with van der Waals surface area (Å²) in [6, 6.07) is 0. The maximum atomic E-state index is 9.39. The van der Waals surface area contributed by atoms with Crippen molar-refractivity contribution in [1.82, 2.24) is 5.32 Å². The number of aliphatic hydroxyl groups is 2. The van der Waals surface area contributed by atoms with Gasteiger partial charge in [0.25, 0.3) is 0 Å². The summed E-state index contributed by atoms with van der Waals surface area (Å²) in [5.74, 6) is 0. The molecule has 0 amide bonds. The van der Waals surface area contributed by atoms with E-state index in [1.54, 1.807) is 7.11 Å². The number of rotatable bonds is 9. The summed E-state index contributed by atoms with van der Waals surface area (Å²) in [7, 11) is 1.58. The molecule has 0 aromatic carbocycles. The van der Waals surface area contributed by atoms with Crippen LogP contribution in [-0.4, -0.2) is 49.7 Å². The van der Waals surface area contributed by atoms with Gasteiger partial charge < -0.3 is 20.3 Å². The highest BCUT2D eigenvalue weighted by molar-refractivity contribution is 4.72. The van der Waals surface area contributed by atoms with Gasteiger partial charge >= 0.3 is 0 Å². The third kappa shape index (κ3) is 8.81. The Morgan fingerprint density at radius 3 is 2.60 bits per heavy atom. The molecule has 15 heavy (non-hydrogen) atoms. The molecule has 0 heterocycles. The van der Waals surface area contributed by atoms with Crippen molar-refractivity contribution in [3.05, 3.63) is 0 Å². The fourth-order valence-electron chi connectivity index (χ4n) is 1.47. The summed E-state index contributed by atoms with van der Waals surface area (Å²) in [6.45, 7) is 6.31. The van der Waals surface area contributed by atoms with Crippen molar-refractivity contribution >= 4 is 0 Å². The van der Waals surface area contributed by atoms with E-state index in [4.69, 9.17) is 9.84 Å². The topological polar surface area (TPSA) is 61.7 Å². The molecule has 1 unspecified atom stereocenters. The summed E-state index contributed by atoms with van der Waals surface area (Å²) < 4.78 is 4.83. The Morgan fingerprint density at radius 1 is 1.40 bits per heavy atom. The van der Waals surface area contributed by atoms with Crippen LogP contribution in [0.1, 0.15) is 26.7 Å². The molecular weight excluding hydrogens is 194 g/mol. The van der Waals surface area contributed by atoms with E-state index in [0.717, 1.165) is 19.4 Å². The fraction of sp³-hybridized carbons (Fsp3) is 1.00. The van der Waals surface area contributed by atoms with E-state index < -0.39 is 6.10 Å². The van der Waals surface area contributed by atoms with Gasteiger partial charge in [-0.25, -0.2) is 0 Å². The zero-order valence-electron chi connectivity index (χ0n) is 10.1. The minimum atomic E-state index is -0.441. The Bertz CT molecular complexity index is 151. The van der Waals surface area contributed by atoms with Crippen LogP contribution in [0.3, 0.4) is 0 Å². The summed E-state index contributed by atoms with van der Waals surface area (Å²) in [5, 5.41) is 21.3. The van der Waals surface area contributed by atoms with Crippen molar-refractivity contribution < 1.29 is 14.9 Å². The SMILES string of the molecule is COCC(O)CNCC(C)(C)CCCO. The first kappa shape index (κ1) is 14.8.